The molecule has 3 nitrogen and oxygen atoms in total. The lowest BCUT2D eigenvalue weighted by Gasteiger charge is -2.27. The first-order chi connectivity index (χ1) is 5.33. The molecule has 1 saturated heterocycles. The van der Waals surface area contributed by atoms with Crippen molar-refractivity contribution < 1.29 is 10.3 Å². The topological polar surface area (TPSA) is 43.7 Å². The number of piperidine rings is 1. The smallest absolute Gasteiger partial charge is 0.0431 e. The van der Waals surface area contributed by atoms with Crippen LogP contribution < -0.4 is 0 Å². The van der Waals surface area contributed by atoms with E-state index in [1.54, 1.807) is 0 Å². The van der Waals surface area contributed by atoms with Crippen molar-refractivity contribution in [3.8, 4) is 0 Å². The van der Waals surface area contributed by atoms with Gasteiger partial charge in [-0.05, 0) is 31.6 Å². The Morgan fingerprint density at radius 2 is 1.91 bits per heavy atom. The molecule has 11 heavy (non-hydrogen) atoms. The summed E-state index contributed by atoms with van der Waals surface area (Å²) in [6.07, 6.45) is 4.19. The molecular weight excluding hydrogens is 142 g/mol. The molecule has 0 aromatic carbocycles. The summed E-state index contributed by atoms with van der Waals surface area (Å²) >= 11 is 0. The highest BCUT2D eigenvalue weighted by atomic mass is 16.5. The molecule has 1 aliphatic heterocycles. The van der Waals surface area contributed by atoms with Crippen LogP contribution in [-0.2, 0) is 0 Å². The van der Waals surface area contributed by atoms with Crippen LogP contribution in [-0.4, -0.2) is 35.1 Å². The van der Waals surface area contributed by atoms with Gasteiger partial charge in [0.15, 0.2) is 0 Å². The van der Waals surface area contributed by atoms with Gasteiger partial charge in [0.05, 0.1) is 0 Å². The van der Waals surface area contributed by atoms with Crippen LogP contribution in [0, 0.1) is 5.92 Å². The molecule has 3 heteroatoms. The number of hydrogen-bond acceptors (Lipinski definition) is 3. The average molecular weight is 159 g/mol. The Labute approximate surface area is 67.6 Å². The van der Waals surface area contributed by atoms with E-state index in [2.05, 4.69) is 0 Å². The fourth-order valence-corrected chi connectivity index (χ4v) is 1.59. The summed E-state index contributed by atoms with van der Waals surface area (Å²) in [5.74, 6) is 0.727. The minimum absolute atomic E-state index is 0.305. The Morgan fingerprint density at radius 3 is 2.45 bits per heavy atom. The lowest BCUT2D eigenvalue weighted by molar-refractivity contribution is -0.112. The minimum atomic E-state index is 0.305. The van der Waals surface area contributed by atoms with Gasteiger partial charge < -0.3 is 10.3 Å². The number of aliphatic hydroxyl groups is 1. The van der Waals surface area contributed by atoms with Crippen molar-refractivity contribution in [3.05, 3.63) is 0 Å². The van der Waals surface area contributed by atoms with E-state index in [4.69, 9.17) is 10.3 Å². The maximum absolute atomic E-state index is 9.04. The second-order valence-electron chi connectivity index (χ2n) is 3.26. The zero-order valence-electron chi connectivity index (χ0n) is 6.87. The third-order valence-electron chi connectivity index (χ3n) is 2.36. The SMILES string of the molecule is OCCCC1CCN(O)CC1. The highest BCUT2D eigenvalue weighted by Gasteiger charge is 2.16. The molecule has 0 saturated carbocycles. The maximum Gasteiger partial charge on any atom is 0.0431 e. The molecule has 0 unspecified atom stereocenters. The zero-order chi connectivity index (χ0) is 8.10. The molecule has 0 amide bonds. The Kier molecular flexibility index (Phi) is 3.83. The van der Waals surface area contributed by atoms with Gasteiger partial charge in [-0.15, -0.1) is 0 Å². The van der Waals surface area contributed by atoms with E-state index in [-0.39, 0.29) is 0 Å². The van der Waals surface area contributed by atoms with Gasteiger partial charge in [-0.1, -0.05) is 0 Å². The standard InChI is InChI=1S/C8H17NO2/c10-7-1-2-8-3-5-9(11)6-4-8/h8,10-11H,1-7H2. The summed E-state index contributed by atoms with van der Waals surface area (Å²) in [5, 5.41) is 19.0. The number of hydrogen-bond donors (Lipinski definition) is 2. The van der Waals surface area contributed by atoms with Crippen molar-refractivity contribution in [1.82, 2.24) is 5.06 Å². The van der Waals surface area contributed by atoms with E-state index < -0.39 is 0 Å². The van der Waals surface area contributed by atoms with Crippen LogP contribution >= 0.6 is 0 Å². The molecule has 2 N–H and O–H groups in total. The third-order valence-corrected chi connectivity index (χ3v) is 2.36. The monoisotopic (exact) mass is 159 g/mol. The normalized spacial score (nSPS) is 22.4. The fraction of sp³-hybridized carbons (Fsp3) is 1.00. The lowest BCUT2D eigenvalue weighted by Crippen LogP contribution is -2.30. The van der Waals surface area contributed by atoms with E-state index in [1.165, 1.54) is 5.06 Å². The molecule has 1 rings (SSSR count). The van der Waals surface area contributed by atoms with Crippen molar-refractivity contribution in [1.29, 1.82) is 0 Å². The van der Waals surface area contributed by atoms with Crippen LogP contribution in [0.15, 0.2) is 0 Å². The summed E-state index contributed by atoms with van der Waals surface area (Å²) in [7, 11) is 0. The molecule has 0 radical (unpaired) electrons. The quantitative estimate of drug-likeness (QED) is 0.642. The molecule has 0 aliphatic carbocycles. The summed E-state index contributed by atoms with van der Waals surface area (Å²) in [6.45, 7) is 1.91. The maximum atomic E-state index is 9.04. The molecule has 0 spiro atoms. The molecule has 0 bridgehead atoms. The van der Waals surface area contributed by atoms with Gasteiger partial charge in [0, 0.05) is 19.7 Å². The number of nitrogens with zero attached hydrogens (tertiary/aromatic N) is 1. The first-order valence-electron chi connectivity index (χ1n) is 4.37. The fourth-order valence-electron chi connectivity index (χ4n) is 1.59. The molecule has 0 aromatic rings. The van der Waals surface area contributed by atoms with Gasteiger partial charge in [0.25, 0.3) is 0 Å². The number of aliphatic hydroxyl groups excluding tert-OH is 1. The predicted octanol–water partition coefficient (Wildman–Crippen LogP) is 0.860. The van der Waals surface area contributed by atoms with Gasteiger partial charge >= 0.3 is 0 Å². The summed E-state index contributed by atoms with van der Waals surface area (Å²) in [4.78, 5) is 0. The molecule has 66 valence electrons. The van der Waals surface area contributed by atoms with E-state index in [0.717, 1.165) is 44.7 Å². The highest BCUT2D eigenvalue weighted by molar-refractivity contribution is 4.67. The Morgan fingerprint density at radius 1 is 1.27 bits per heavy atom. The van der Waals surface area contributed by atoms with Crippen LogP contribution in [0.2, 0.25) is 0 Å². The highest BCUT2D eigenvalue weighted by Crippen LogP contribution is 2.20. The van der Waals surface area contributed by atoms with Crippen LogP contribution in [0.1, 0.15) is 25.7 Å². The van der Waals surface area contributed by atoms with E-state index >= 15 is 0 Å². The van der Waals surface area contributed by atoms with Crippen LogP contribution in [0.5, 0.6) is 0 Å². The van der Waals surface area contributed by atoms with Crippen LogP contribution in [0.3, 0.4) is 0 Å². The second-order valence-corrected chi connectivity index (χ2v) is 3.26. The van der Waals surface area contributed by atoms with Crippen molar-refractivity contribution >= 4 is 0 Å². The third kappa shape index (κ3) is 3.18. The number of rotatable bonds is 3. The molecule has 1 fully saturated rings. The second kappa shape index (κ2) is 4.70. The van der Waals surface area contributed by atoms with Crippen LogP contribution in [0.25, 0.3) is 0 Å². The summed E-state index contributed by atoms with van der Waals surface area (Å²) < 4.78 is 0. The van der Waals surface area contributed by atoms with Gasteiger partial charge in [-0.2, -0.15) is 5.06 Å². The Balaban J connectivity index is 2.07. The predicted molar refractivity (Wildman–Crippen MR) is 42.4 cm³/mol. The Bertz CT molecular complexity index is 97.5. The summed E-state index contributed by atoms with van der Waals surface area (Å²) in [5.41, 5.74) is 0. The molecule has 0 atom stereocenters. The van der Waals surface area contributed by atoms with Gasteiger partial charge in [0.1, 0.15) is 0 Å². The van der Waals surface area contributed by atoms with Crippen molar-refractivity contribution in [2.75, 3.05) is 19.7 Å². The minimum Gasteiger partial charge on any atom is -0.396 e. The van der Waals surface area contributed by atoms with Gasteiger partial charge in [-0.25, -0.2) is 0 Å². The van der Waals surface area contributed by atoms with Gasteiger partial charge in [0.2, 0.25) is 0 Å². The van der Waals surface area contributed by atoms with Crippen molar-refractivity contribution in [3.63, 3.8) is 0 Å². The van der Waals surface area contributed by atoms with E-state index in [9.17, 15) is 0 Å². The largest absolute Gasteiger partial charge is 0.396 e. The molecule has 1 heterocycles. The average Bonchev–Trinajstić information content (AvgIpc) is 2.04. The molecule has 0 aromatic heterocycles. The number of hydroxylamine groups is 2. The first-order valence-corrected chi connectivity index (χ1v) is 4.37. The zero-order valence-corrected chi connectivity index (χ0v) is 6.87. The van der Waals surface area contributed by atoms with Crippen LogP contribution in [0.4, 0.5) is 0 Å². The molecule has 1 aliphatic rings. The first kappa shape index (κ1) is 8.97. The van der Waals surface area contributed by atoms with Crippen molar-refractivity contribution in [2.24, 2.45) is 5.92 Å². The lowest BCUT2D eigenvalue weighted by atomic mass is 9.93. The van der Waals surface area contributed by atoms with E-state index in [0.29, 0.717) is 6.61 Å². The summed E-state index contributed by atoms with van der Waals surface area (Å²) in [6, 6.07) is 0. The Hall–Kier alpha value is -0.120. The molecular formula is C8H17NO2. The van der Waals surface area contributed by atoms with Gasteiger partial charge in [-0.3, -0.25) is 0 Å². The van der Waals surface area contributed by atoms with Crippen molar-refractivity contribution in [2.45, 2.75) is 25.7 Å². The van der Waals surface area contributed by atoms with E-state index in [1.807, 2.05) is 0 Å².